The summed E-state index contributed by atoms with van der Waals surface area (Å²) in [7, 11) is 2.06. The number of halogens is 2. The molecule has 0 spiro atoms. The molecule has 0 fully saturated rings. The van der Waals surface area contributed by atoms with Crippen LogP contribution in [0.25, 0.3) is 0 Å². The predicted octanol–water partition coefficient (Wildman–Crippen LogP) is 4.33. The van der Waals surface area contributed by atoms with Gasteiger partial charge in [-0.1, -0.05) is 59.1 Å². The van der Waals surface area contributed by atoms with Gasteiger partial charge in [-0.2, -0.15) is 0 Å². The Labute approximate surface area is 124 Å². The minimum Gasteiger partial charge on any atom is -0.298 e. The van der Waals surface area contributed by atoms with Crippen LogP contribution in [0, 0.1) is 6.92 Å². The molecule has 1 aromatic heterocycles. The second-order valence-corrected chi connectivity index (χ2v) is 5.49. The Kier molecular flexibility index (Phi) is 4.81. The molecule has 0 N–H and O–H groups in total. The van der Waals surface area contributed by atoms with E-state index >= 15 is 0 Å². The Morgan fingerprint density at radius 1 is 1.11 bits per heavy atom. The lowest BCUT2D eigenvalue weighted by molar-refractivity contribution is 0.318. The van der Waals surface area contributed by atoms with Gasteiger partial charge in [0.15, 0.2) is 0 Å². The fraction of sp³-hybridized carbons (Fsp3) is 0.267. The third kappa shape index (κ3) is 4.20. The van der Waals surface area contributed by atoms with Crippen LogP contribution in [0.5, 0.6) is 0 Å². The Morgan fingerprint density at radius 3 is 2.58 bits per heavy atom. The maximum absolute atomic E-state index is 6.08. The molecule has 0 unspecified atom stereocenters. The van der Waals surface area contributed by atoms with Crippen molar-refractivity contribution < 1.29 is 0 Å². The number of rotatable bonds is 4. The fourth-order valence-corrected chi connectivity index (χ4v) is 2.43. The highest BCUT2D eigenvalue weighted by Crippen LogP contribution is 2.18. The first-order chi connectivity index (χ1) is 9.04. The van der Waals surface area contributed by atoms with Gasteiger partial charge in [-0.15, -0.1) is 0 Å². The summed E-state index contributed by atoms with van der Waals surface area (Å²) in [6, 6.07) is 12.2. The summed E-state index contributed by atoms with van der Waals surface area (Å²) in [5, 5.41) is 0.902. The molecule has 0 saturated carbocycles. The van der Waals surface area contributed by atoms with E-state index in [9.17, 15) is 0 Å². The lowest BCUT2D eigenvalue weighted by Crippen LogP contribution is -2.17. The van der Waals surface area contributed by atoms with Crippen molar-refractivity contribution >= 4 is 23.2 Å². The molecule has 1 aromatic carbocycles. The fourth-order valence-electron chi connectivity index (χ4n) is 2.03. The lowest BCUT2D eigenvalue weighted by Gasteiger charge is -2.17. The van der Waals surface area contributed by atoms with Gasteiger partial charge in [0.1, 0.15) is 10.3 Å². The molecule has 0 amide bonds. The van der Waals surface area contributed by atoms with E-state index in [1.807, 2.05) is 6.07 Å². The topological polar surface area (TPSA) is 16.1 Å². The van der Waals surface area contributed by atoms with Gasteiger partial charge >= 0.3 is 0 Å². The van der Waals surface area contributed by atoms with Crippen LogP contribution in [0.2, 0.25) is 10.3 Å². The van der Waals surface area contributed by atoms with Gasteiger partial charge in [-0.25, -0.2) is 4.98 Å². The molecule has 0 aliphatic heterocycles. The molecule has 100 valence electrons. The minimum atomic E-state index is 0.426. The van der Waals surface area contributed by atoms with Crippen LogP contribution in [0.4, 0.5) is 0 Å². The number of pyridine rings is 1. The first-order valence-corrected chi connectivity index (χ1v) is 6.85. The molecule has 0 bridgehead atoms. The van der Waals surface area contributed by atoms with Crippen molar-refractivity contribution in [2.75, 3.05) is 7.05 Å². The number of benzene rings is 1. The molecule has 0 radical (unpaired) electrons. The van der Waals surface area contributed by atoms with Gasteiger partial charge in [-0.3, -0.25) is 4.90 Å². The second kappa shape index (κ2) is 6.38. The van der Waals surface area contributed by atoms with Crippen LogP contribution >= 0.6 is 23.2 Å². The highest BCUT2D eigenvalue weighted by molar-refractivity contribution is 6.32. The van der Waals surface area contributed by atoms with Crippen molar-refractivity contribution in [3.8, 4) is 0 Å². The van der Waals surface area contributed by atoms with Crippen LogP contribution in [-0.4, -0.2) is 16.9 Å². The van der Waals surface area contributed by atoms with E-state index in [0.717, 1.165) is 18.7 Å². The first kappa shape index (κ1) is 14.3. The molecule has 0 saturated heterocycles. The summed E-state index contributed by atoms with van der Waals surface area (Å²) < 4.78 is 0. The second-order valence-electron chi connectivity index (χ2n) is 4.75. The molecule has 1 heterocycles. The summed E-state index contributed by atoms with van der Waals surface area (Å²) >= 11 is 11.9. The Balaban J connectivity index is 2.03. The van der Waals surface area contributed by atoms with Crippen molar-refractivity contribution in [3.63, 3.8) is 0 Å². The largest absolute Gasteiger partial charge is 0.298 e. The third-order valence-electron chi connectivity index (χ3n) is 2.87. The molecular formula is C15H16Cl2N2. The quantitative estimate of drug-likeness (QED) is 0.780. The van der Waals surface area contributed by atoms with E-state index in [0.29, 0.717) is 10.3 Å². The molecular weight excluding hydrogens is 279 g/mol. The van der Waals surface area contributed by atoms with E-state index in [4.69, 9.17) is 23.2 Å². The highest BCUT2D eigenvalue weighted by Gasteiger charge is 2.07. The maximum atomic E-state index is 6.08. The molecule has 0 atom stereocenters. The van der Waals surface area contributed by atoms with Crippen LogP contribution in [0.15, 0.2) is 36.4 Å². The van der Waals surface area contributed by atoms with E-state index in [1.165, 1.54) is 11.1 Å². The molecule has 4 heteroatoms. The van der Waals surface area contributed by atoms with Crippen LogP contribution in [0.1, 0.15) is 16.7 Å². The van der Waals surface area contributed by atoms with E-state index in [1.54, 1.807) is 6.07 Å². The van der Waals surface area contributed by atoms with Gasteiger partial charge < -0.3 is 0 Å². The normalized spacial score (nSPS) is 11.0. The maximum Gasteiger partial charge on any atom is 0.135 e. The van der Waals surface area contributed by atoms with Crippen molar-refractivity contribution in [3.05, 3.63) is 63.4 Å². The number of aromatic nitrogens is 1. The predicted molar refractivity (Wildman–Crippen MR) is 80.6 cm³/mol. The van der Waals surface area contributed by atoms with Crippen molar-refractivity contribution in [1.29, 1.82) is 0 Å². The lowest BCUT2D eigenvalue weighted by atomic mass is 10.1. The minimum absolute atomic E-state index is 0.426. The monoisotopic (exact) mass is 294 g/mol. The Morgan fingerprint density at radius 2 is 1.89 bits per heavy atom. The summed E-state index contributed by atoms with van der Waals surface area (Å²) in [4.78, 5) is 6.25. The van der Waals surface area contributed by atoms with Gasteiger partial charge in [-0.05, 0) is 25.6 Å². The Bertz CT molecular complexity index is 570. The summed E-state index contributed by atoms with van der Waals surface area (Å²) in [6.07, 6.45) is 0. The van der Waals surface area contributed by atoms with Crippen molar-refractivity contribution in [2.24, 2.45) is 0 Å². The van der Waals surface area contributed by atoms with Crippen molar-refractivity contribution in [1.82, 2.24) is 9.88 Å². The smallest absolute Gasteiger partial charge is 0.135 e. The van der Waals surface area contributed by atoms with Gasteiger partial charge in [0.2, 0.25) is 0 Å². The van der Waals surface area contributed by atoms with E-state index in [-0.39, 0.29) is 0 Å². The number of hydrogen-bond acceptors (Lipinski definition) is 2. The van der Waals surface area contributed by atoms with Gasteiger partial charge in [0.25, 0.3) is 0 Å². The Hall–Kier alpha value is -1.09. The summed E-state index contributed by atoms with van der Waals surface area (Å²) in [6.45, 7) is 3.72. The zero-order chi connectivity index (χ0) is 13.8. The summed E-state index contributed by atoms with van der Waals surface area (Å²) in [5.74, 6) is 0. The average molecular weight is 295 g/mol. The number of hydrogen-bond donors (Lipinski definition) is 0. The van der Waals surface area contributed by atoms with E-state index in [2.05, 4.69) is 48.1 Å². The van der Waals surface area contributed by atoms with Crippen LogP contribution < -0.4 is 0 Å². The van der Waals surface area contributed by atoms with Crippen molar-refractivity contribution in [2.45, 2.75) is 20.0 Å². The molecule has 2 aromatic rings. The molecule has 0 aliphatic carbocycles. The van der Waals surface area contributed by atoms with Gasteiger partial charge in [0, 0.05) is 18.7 Å². The van der Waals surface area contributed by atoms with Crippen LogP contribution in [-0.2, 0) is 13.1 Å². The SMILES string of the molecule is Cc1cccc(CN(C)Cc2ccc(Cl)nc2Cl)c1. The van der Waals surface area contributed by atoms with Crippen LogP contribution in [0.3, 0.4) is 0 Å². The molecule has 0 aliphatic rings. The first-order valence-electron chi connectivity index (χ1n) is 6.09. The zero-order valence-corrected chi connectivity index (χ0v) is 12.5. The third-order valence-corrected chi connectivity index (χ3v) is 3.40. The van der Waals surface area contributed by atoms with E-state index < -0.39 is 0 Å². The zero-order valence-electron chi connectivity index (χ0n) is 11.0. The molecule has 19 heavy (non-hydrogen) atoms. The number of nitrogens with zero attached hydrogens (tertiary/aromatic N) is 2. The standard InChI is InChI=1S/C15H16Cl2N2/c1-11-4-3-5-12(8-11)9-19(2)10-13-6-7-14(16)18-15(13)17/h3-8H,9-10H2,1-2H3. The highest BCUT2D eigenvalue weighted by atomic mass is 35.5. The number of aryl methyl sites for hydroxylation is 1. The molecule has 2 rings (SSSR count). The van der Waals surface area contributed by atoms with Gasteiger partial charge in [0.05, 0.1) is 0 Å². The molecule has 2 nitrogen and oxygen atoms in total. The average Bonchev–Trinajstić information content (AvgIpc) is 2.33. The summed E-state index contributed by atoms with van der Waals surface area (Å²) in [5.41, 5.74) is 3.55.